The van der Waals surface area contributed by atoms with Gasteiger partial charge in [-0.2, -0.15) is 0 Å². The predicted octanol–water partition coefficient (Wildman–Crippen LogP) is 3.40. The molecular formula is C19H19NO3. The largest absolute Gasteiger partial charge is 0.481 e. The maximum atomic E-state index is 12.7. The topological polar surface area (TPSA) is 57.6 Å². The van der Waals surface area contributed by atoms with E-state index in [0.717, 1.165) is 16.8 Å². The van der Waals surface area contributed by atoms with Crippen molar-refractivity contribution in [3.63, 3.8) is 0 Å². The summed E-state index contributed by atoms with van der Waals surface area (Å²) in [5.74, 6) is -1.46. The summed E-state index contributed by atoms with van der Waals surface area (Å²) in [5, 5.41) is 9.38. The highest BCUT2D eigenvalue weighted by Gasteiger charge is 2.36. The van der Waals surface area contributed by atoms with Gasteiger partial charge in [-0.05, 0) is 23.1 Å². The molecule has 1 N–H and O–H groups in total. The van der Waals surface area contributed by atoms with Crippen molar-refractivity contribution in [2.75, 3.05) is 11.4 Å². The van der Waals surface area contributed by atoms with Gasteiger partial charge >= 0.3 is 5.97 Å². The molecule has 0 bridgehead atoms. The average Bonchev–Trinajstić information content (AvgIpc) is 2.95. The second-order valence-corrected chi connectivity index (χ2v) is 5.97. The Bertz CT molecular complexity index is 726. The number of anilines is 1. The molecule has 23 heavy (non-hydrogen) atoms. The van der Waals surface area contributed by atoms with Crippen LogP contribution in [0, 0.1) is 0 Å². The van der Waals surface area contributed by atoms with Crippen LogP contribution in [0.25, 0.3) is 0 Å². The van der Waals surface area contributed by atoms with Crippen LogP contribution in [0.4, 0.5) is 5.69 Å². The number of hydrogen-bond acceptors (Lipinski definition) is 2. The van der Waals surface area contributed by atoms with Gasteiger partial charge in [-0.1, -0.05) is 55.5 Å². The molecule has 2 aromatic carbocycles. The second kappa shape index (κ2) is 6.24. The molecule has 4 heteroatoms. The molecule has 2 unspecified atom stereocenters. The number of benzene rings is 2. The molecule has 0 aliphatic carbocycles. The number of fused-ring (bicyclic) bond motifs is 1. The molecule has 1 aliphatic rings. The normalized spacial score (nSPS) is 17.6. The molecule has 1 aliphatic heterocycles. The number of carbonyl (C=O) groups is 2. The van der Waals surface area contributed by atoms with E-state index in [1.807, 2.05) is 55.5 Å². The number of amides is 1. The van der Waals surface area contributed by atoms with Crippen LogP contribution in [0.15, 0.2) is 54.6 Å². The van der Waals surface area contributed by atoms with Crippen LogP contribution >= 0.6 is 0 Å². The molecule has 3 rings (SSSR count). The van der Waals surface area contributed by atoms with Crippen LogP contribution in [-0.4, -0.2) is 23.5 Å². The Labute approximate surface area is 135 Å². The Hall–Kier alpha value is -2.62. The van der Waals surface area contributed by atoms with Crippen molar-refractivity contribution >= 4 is 17.6 Å². The third kappa shape index (κ3) is 2.97. The lowest BCUT2D eigenvalue weighted by Crippen LogP contribution is -2.31. The van der Waals surface area contributed by atoms with E-state index in [1.165, 1.54) is 0 Å². The van der Waals surface area contributed by atoms with Gasteiger partial charge in [-0.15, -0.1) is 0 Å². The van der Waals surface area contributed by atoms with Gasteiger partial charge in [0.1, 0.15) is 5.92 Å². The molecule has 0 spiro atoms. The summed E-state index contributed by atoms with van der Waals surface area (Å²) in [6, 6.07) is 17.2. The summed E-state index contributed by atoms with van der Waals surface area (Å²) < 4.78 is 0. The number of nitrogens with zero attached hydrogens (tertiary/aromatic N) is 1. The molecule has 0 aromatic heterocycles. The van der Waals surface area contributed by atoms with Gasteiger partial charge in [0.15, 0.2) is 0 Å². The number of carbonyl (C=O) groups excluding carboxylic acids is 1. The smallest absolute Gasteiger partial charge is 0.312 e. The average molecular weight is 309 g/mol. The van der Waals surface area contributed by atoms with Gasteiger partial charge < -0.3 is 10.0 Å². The van der Waals surface area contributed by atoms with Crippen LogP contribution in [-0.2, 0) is 9.59 Å². The minimum atomic E-state index is -0.885. The zero-order valence-corrected chi connectivity index (χ0v) is 13.0. The Morgan fingerprint density at radius 2 is 1.78 bits per heavy atom. The van der Waals surface area contributed by atoms with Crippen LogP contribution < -0.4 is 4.90 Å². The highest BCUT2D eigenvalue weighted by molar-refractivity contribution is 5.99. The van der Waals surface area contributed by atoms with Crippen molar-refractivity contribution in [1.29, 1.82) is 0 Å². The van der Waals surface area contributed by atoms with Gasteiger partial charge in [-0.3, -0.25) is 9.59 Å². The predicted molar refractivity (Wildman–Crippen MR) is 88.6 cm³/mol. The Kier molecular flexibility index (Phi) is 4.15. The Morgan fingerprint density at radius 1 is 1.13 bits per heavy atom. The molecule has 0 radical (unpaired) electrons. The van der Waals surface area contributed by atoms with Gasteiger partial charge in [0.25, 0.3) is 0 Å². The fourth-order valence-electron chi connectivity index (χ4n) is 3.13. The lowest BCUT2D eigenvalue weighted by molar-refractivity contribution is -0.138. The summed E-state index contributed by atoms with van der Waals surface area (Å²) >= 11 is 0. The van der Waals surface area contributed by atoms with E-state index in [0.29, 0.717) is 6.42 Å². The SMILES string of the molecule is CC(CC(=O)N1CC(C(=O)O)c2ccccc21)c1ccccc1. The first kappa shape index (κ1) is 15.3. The number of aliphatic carboxylic acids is 1. The summed E-state index contributed by atoms with van der Waals surface area (Å²) in [5.41, 5.74) is 2.56. The molecule has 118 valence electrons. The third-order valence-corrected chi connectivity index (χ3v) is 4.42. The van der Waals surface area contributed by atoms with Crippen LogP contribution in [0.5, 0.6) is 0 Å². The Morgan fingerprint density at radius 3 is 2.48 bits per heavy atom. The molecule has 0 fully saturated rings. The maximum absolute atomic E-state index is 12.7. The highest BCUT2D eigenvalue weighted by atomic mass is 16.4. The van der Waals surface area contributed by atoms with E-state index >= 15 is 0 Å². The summed E-state index contributed by atoms with van der Waals surface area (Å²) in [6.07, 6.45) is 0.366. The van der Waals surface area contributed by atoms with Crippen molar-refractivity contribution in [3.8, 4) is 0 Å². The third-order valence-electron chi connectivity index (χ3n) is 4.42. The summed E-state index contributed by atoms with van der Waals surface area (Å²) in [7, 11) is 0. The molecule has 2 aromatic rings. The fraction of sp³-hybridized carbons (Fsp3) is 0.263. The molecule has 2 atom stereocenters. The van der Waals surface area contributed by atoms with Gasteiger partial charge in [0, 0.05) is 18.7 Å². The minimum Gasteiger partial charge on any atom is -0.481 e. The number of rotatable bonds is 4. The quantitative estimate of drug-likeness (QED) is 0.941. The first-order valence-electron chi connectivity index (χ1n) is 7.75. The Balaban J connectivity index is 1.80. The van der Waals surface area contributed by atoms with E-state index in [9.17, 15) is 14.7 Å². The zero-order valence-electron chi connectivity index (χ0n) is 13.0. The molecule has 0 saturated carbocycles. The van der Waals surface area contributed by atoms with Crippen LogP contribution in [0.3, 0.4) is 0 Å². The zero-order chi connectivity index (χ0) is 16.4. The molecule has 0 saturated heterocycles. The fourth-order valence-corrected chi connectivity index (χ4v) is 3.13. The van der Waals surface area contributed by atoms with E-state index in [-0.39, 0.29) is 18.4 Å². The molecular weight excluding hydrogens is 290 g/mol. The minimum absolute atomic E-state index is 0.0300. The van der Waals surface area contributed by atoms with E-state index in [4.69, 9.17) is 0 Å². The number of carboxylic acids is 1. The van der Waals surface area contributed by atoms with Gasteiger partial charge in [0.05, 0.1) is 0 Å². The highest BCUT2D eigenvalue weighted by Crippen LogP contribution is 2.37. The maximum Gasteiger partial charge on any atom is 0.312 e. The van der Waals surface area contributed by atoms with Crippen molar-refractivity contribution in [2.45, 2.75) is 25.2 Å². The monoisotopic (exact) mass is 309 g/mol. The van der Waals surface area contributed by atoms with Crippen LogP contribution in [0.1, 0.15) is 36.3 Å². The molecule has 1 heterocycles. The lowest BCUT2D eigenvalue weighted by atomic mass is 9.97. The van der Waals surface area contributed by atoms with Crippen molar-refractivity contribution in [1.82, 2.24) is 0 Å². The van der Waals surface area contributed by atoms with Crippen molar-refractivity contribution < 1.29 is 14.7 Å². The van der Waals surface area contributed by atoms with E-state index < -0.39 is 11.9 Å². The summed E-state index contributed by atoms with van der Waals surface area (Å²) in [6.45, 7) is 2.24. The summed E-state index contributed by atoms with van der Waals surface area (Å²) in [4.78, 5) is 25.7. The first-order valence-corrected chi connectivity index (χ1v) is 7.75. The van der Waals surface area contributed by atoms with Crippen molar-refractivity contribution in [2.24, 2.45) is 0 Å². The lowest BCUT2D eigenvalue weighted by Gasteiger charge is -2.20. The molecule has 4 nitrogen and oxygen atoms in total. The van der Waals surface area contributed by atoms with Crippen LogP contribution in [0.2, 0.25) is 0 Å². The molecule has 1 amide bonds. The van der Waals surface area contributed by atoms with E-state index in [2.05, 4.69) is 0 Å². The first-order chi connectivity index (χ1) is 11.1. The number of para-hydroxylation sites is 1. The standard InChI is InChI=1S/C19H19NO3/c1-13(14-7-3-2-4-8-14)11-18(21)20-12-16(19(22)23)15-9-5-6-10-17(15)20/h2-10,13,16H,11-12H2,1H3,(H,22,23). The number of carboxylic acid groups (broad SMARTS) is 1. The van der Waals surface area contributed by atoms with E-state index in [1.54, 1.807) is 11.0 Å². The van der Waals surface area contributed by atoms with Gasteiger partial charge in [0.2, 0.25) is 5.91 Å². The van der Waals surface area contributed by atoms with Gasteiger partial charge in [-0.25, -0.2) is 0 Å². The van der Waals surface area contributed by atoms with Crippen molar-refractivity contribution in [3.05, 3.63) is 65.7 Å². The number of hydrogen-bond donors (Lipinski definition) is 1. The second-order valence-electron chi connectivity index (χ2n) is 5.97.